The van der Waals surface area contributed by atoms with Crippen molar-refractivity contribution in [2.75, 3.05) is 6.54 Å². The fraction of sp³-hybridized carbons (Fsp3) is 0.944. The van der Waals surface area contributed by atoms with Gasteiger partial charge in [-0.25, -0.2) is 0 Å². The van der Waals surface area contributed by atoms with E-state index in [9.17, 15) is 4.79 Å². The van der Waals surface area contributed by atoms with E-state index in [4.69, 9.17) is 5.73 Å². The van der Waals surface area contributed by atoms with Crippen molar-refractivity contribution in [3.63, 3.8) is 0 Å². The van der Waals surface area contributed by atoms with E-state index in [1.54, 1.807) is 0 Å². The Labute approximate surface area is 130 Å². The summed E-state index contributed by atoms with van der Waals surface area (Å²) in [6, 6.07) is 0.351. The molecular formula is C18H34N2O. The molecule has 0 spiro atoms. The predicted octanol–water partition coefficient (Wildman–Crippen LogP) is 3.47. The van der Waals surface area contributed by atoms with Crippen molar-refractivity contribution in [3.05, 3.63) is 0 Å². The number of rotatable bonds is 6. The Morgan fingerprint density at radius 3 is 2.10 bits per heavy atom. The topological polar surface area (TPSA) is 55.1 Å². The van der Waals surface area contributed by atoms with Gasteiger partial charge >= 0.3 is 0 Å². The van der Waals surface area contributed by atoms with Crippen molar-refractivity contribution in [3.8, 4) is 0 Å². The maximum atomic E-state index is 12.6. The van der Waals surface area contributed by atoms with E-state index < -0.39 is 0 Å². The minimum atomic E-state index is 0.211. The molecule has 1 amide bonds. The number of fused-ring (bicyclic) bond motifs is 2. The highest BCUT2D eigenvalue weighted by atomic mass is 16.1. The fourth-order valence-electron chi connectivity index (χ4n) is 4.55. The number of amides is 1. The summed E-state index contributed by atoms with van der Waals surface area (Å²) < 4.78 is 0. The normalized spacial score (nSPS) is 32.8. The zero-order valence-corrected chi connectivity index (χ0v) is 14.2. The van der Waals surface area contributed by atoms with E-state index in [-0.39, 0.29) is 11.3 Å². The highest BCUT2D eigenvalue weighted by Gasteiger charge is 2.40. The van der Waals surface area contributed by atoms with Gasteiger partial charge in [-0.15, -0.1) is 0 Å². The molecule has 0 heterocycles. The van der Waals surface area contributed by atoms with E-state index in [1.165, 1.54) is 19.3 Å². The molecule has 2 fully saturated rings. The van der Waals surface area contributed by atoms with Crippen LogP contribution in [-0.2, 0) is 4.79 Å². The zero-order chi connectivity index (χ0) is 15.5. The molecule has 0 aromatic heterocycles. The summed E-state index contributed by atoms with van der Waals surface area (Å²) in [6.07, 6.45) is 9.21. The minimum absolute atomic E-state index is 0.211. The first-order valence-corrected chi connectivity index (χ1v) is 9.08. The van der Waals surface area contributed by atoms with Crippen molar-refractivity contribution in [2.24, 2.45) is 28.9 Å². The van der Waals surface area contributed by atoms with Gasteiger partial charge in [0.15, 0.2) is 0 Å². The van der Waals surface area contributed by atoms with Crippen LogP contribution in [0.4, 0.5) is 0 Å². The van der Waals surface area contributed by atoms with Crippen molar-refractivity contribution in [1.29, 1.82) is 0 Å². The lowest BCUT2D eigenvalue weighted by atomic mass is 9.65. The lowest BCUT2D eigenvalue weighted by Crippen LogP contribution is -2.50. The summed E-state index contributed by atoms with van der Waals surface area (Å²) in [5, 5.41) is 3.27. The van der Waals surface area contributed by atoms with Crippen molar-refractivity contribution in [1.82, 2.24) is 5.32 Å². The number of nitrogens with two attached hydrogens (primary N) is 1. The van der Waals surface area contributed by atoms with Crippen LogP contribution in [0.2, 0.25) is 0 Å². The molecular weight excluding hydrogens is 260 g/mol. The van der Waals surface area contributed by atoms with Crippen LogP contribution in [0.1, 0.15) is 72.1 Å². The molecule has 122 valence electrons. The second kappa shape index (κ2) is 7.13. The molecule has 3 heteroatoms. The van der Waals surface area contributed by atoms with E-state index >= 15 is 0 Å². The Balaban J connectivity index is 1.89. The summed E-state index contributed by atoms with van der Waals surface area (Å²) in [7, 11) is 0. The van der Waals surface area contributed by atoms with Gasteiger partial charge in [0, 0.05) is 18.5 Å². The quantitative estimate of drug-likeness (QED) is 0.788. The summed E-state index contributed by atoms with van der Waals surface area (Å²) in [6.45, 7) is 7.56. The fourth-order valence-corrected chi connectivity index (χ4v) is 4.55. The highest BCUT2D eigenvalue weighted by molar-refractivity contribution is 5.78. The van der Waals surface area contributed by atoms with Gasteiger partial charge in [0.2, 0.25) is 5.91 Å². The third-order valence-corrected chi connectivity index (χ3v) is 6.67. The summed E-state index contributed by atoms with van der Waals surface area (Å²) in [5.74, 6) is 1.67. The lowest BCUT2D eigenvalue weighted by Gasteiger charge is -2.43. The second-order valence-corrected chi connectivity index (χ2v) is 7.48. The number of carbonyl (C=O) groups is 1. The minimum Gasteiger partial charge on any atom is -0.355 e. The van der Waals surface area contributed by atoms with Crippen LogP contribution in [0.25, 0.3) is 0 Å². The molecule has 0 aliphatic heterocycles. The van der Waals surface area contributed by atoms with Crippen molar-refractivity contribution >= 4 is 5.91 Å². The number of hydrogen-bond acceptors (Lipinski definition) is 2. The third-order valence-electron chi connectivity index (χ3n) is 6.67. The molecule has 0 radical (unpaired) electrons. The smallest absolute Gasteiger partial charge is 0.223 e. The number of nitrogens with one attached hydrogen (secondary N) is 1. The first-order valence-electron chi connectivity index (χ1n) is 9.08. The Morgan fingerprint density at radius 2 is 1.62 bits per heavy atom. The van der Waals surface area contributed by atoms with Gasteiger partial charge in [0.1, 0.15) is 0 Å². The molecule has 2 rings (SSSR count). The van der Waals surface area contributed by atoms with Crippen LogP contribution < -0.4 is 11.1 Å². The highest BCUT2D eigenvalue weighted by Crippen LogP contribution is 2.42. The molecule has 0 saturated heterocycles. The van der Waals surface area contributed by atoms with Crippen LogP contribution in [0, 0.1) is 23.2 Å². The van der Waals surface area contributed by atoms with Crippen LogP contribution >= 0.6 is 0 Å². The molecule has 2 unspecified atom stereocenters. The molecule has 2 saturated carbocycles. The molecule has 2 aliphatic carbocycles. The average molecular weight is 294 g/mol. The Hall–Kier alpha value is -0.570. The summed E-state index contributed by atoms with van der Waals surface area (Å²) in [4.78, 5) is 12.6. The Bertz CT molecular complexity index is 329. The van der Waals surface area contributed by atoms with E-state index in [1.807, 2.05) is 0 Å². The molecule has 2 aliphatic rings. The van der Waals surface area contributed by atoms with Gasteiger partial charge in [-0.3, -0.25) is 4.79 Å². The first-order chi connectivity index (χ1) is 10.0. The van der Waals surface area contributed by atoms with Crippen LogP contribution in [0.15, 0.2) is 0 Å². The van der Waals surface area contributed by atoms with E-state index in [0.717, 1.165) is 38.6 Å². The summed E-state index contributed by atoms with van der Waals surface area (Å²) >= 11 is 0. The van der Waals surface area contributed by atoms with Gasteiger partial charge in [-0.2, -0.15) is 0 Å². The molecule has 0 aromatic rings. The number of carbonyl (C=O) groups excluding carboxylic acids is 1. The largest absolute Gasteiger partial charge is 0.355 e. The Morgan fingerprint density at radius 1 is 1.10 bits per heavy atom. The monoisotopic (exact) mass is 294 g/mol. The van der Waals surface area contributed by atoms with Gasteiger partial charge in [0.05, 0.1) is 0 Å². The first kappa shape index (κ1) is 16.8. The van der Waals surface area contributed by atoms with Crippen LogP contribution in [0.5, 0.6) is 0 Å². The van der Waals surface area contributed by atoms with Gasteiger partial charge < -0.3 is 11.1 Å². The van der Waals surface area contributed by atoms with Gasteiger partial charge in [-0.1, -0.05) is 27.2 Å². The zero-order valence-electron chi connectivity index (χ0n) is 14.2. The number of hydrogen-bond donors (Lipinski definition) is 2. The predicted molar refractivity (Wildman–Crippen MR) is 87.8 cm³/mol. The molecule has 2 bridgehead atoms. The lowest BCUT2D eigenvalue weighted by molar-refractivity contribution is -0.128. The molecule has 3 N–H and O–H groups in total. The van der Waals surface area contributed by atoms with Crippen LogP contribution in [-0.4, -0.2) is 18.5 Å². The molecule has 0 aromatic carbocycles. The molecule has 2 atom stereocenters. The summed E-state index contributed by atoms with van der Waals surface area (Å²) in [5.41, 5.74) is 6.61. The van der Waals surface area contributed by atoms with Crippen molar-refractivity contribution < 1.29 is 4.79 Å². The maximum Gasteiger partial charge on any atom is 0.223 e. The standard InChI is InChI=1S/C18H34N2O/c1-4-18(5-2,6-3)12-20-17(21)15-10-13-8-7-9-14(11-15)16(13)19/h13-16H,4-12,19H2,1-3H3,(H,20,21). The molecule has 21 heavy (non-hydrogen) atoms. The van der Waals surface area contributed by atoms with E-state index in [0.29, 0.717) is 23.8 Å². The maximum absolute atomic E-state index is 12.6. The Kier molecular flexibility index (Phi) is 5.70. The second-order valence-electron chi connectivity index (χ2n) is 7.48. The van der Waals surface area contributed by atoms with Crippen molar-refractivity contribution in [2.45, 2.75) is 78.2 Å². The van der Waals surface area contributed by atoms with Crippen LogP contribution in [0.3, 0.4) is 0 Å². The average Bonchev–Trinajstić information content (AvgIpc) is 2.48. The SMILES string of the molecule is CCC(CC)(CC)CNC(=O)C1CC2CCCC(C1)C2N. The molecule has 3 nitrogen and oxygen atoms in total. The third kappa shape index (κ3) is 3.61. The van der Waals surface area contributed by atoms with Gasteiger partial charge in [-0.05, 0) is 62.2 Å². The van der Waals surface area contributed by atoms with Gasteiger partial charge in [0.25, 0.3) is 0 Å². The van der Waals surface area contributed by atoms with E-state index in [2.05, 4.69) is 26.1 Å².